The van der Waals surface area contributed by atoms with Crippen molar-refractivity contribution in [3.8, 4) is 11.4 Å². The number of likely N-dealkylation sites (tertiary alicyclic amines) is 2. The van der Waals surface area contributed by atoms with Crippen LogP contribution >= 0.6 is 0 Å². The lowest BCUT2D eigenvalue weighted by Gasteiger charge is -2.21. The summed E-state index contributed by atoms with van der Waals surface area (Å²) >= 11 is 0. The normalized spacial score (nSPS) is 21.1. The topological polar surface area (TPSA) is 105 Å². The van der Waals surface area contributed by atoms with Crippen molar-refractivity contribution in [3.05, 3.63) is 60.5 Å². The molecule has 0 aliphatic carbocycles. The van der Waals surface area contributed by atoms with Crippen LogP contribution < -0.4 is 0 Å². The van der Waals surface area contributed by atoms with Crippen LogP contribution in [0.15, 0.2) is 53.6 Å². The van der Waals surface area contributed by atoms with E-state index in [-0.39, 0.29) is 30.2 Å². The summed E-state index contributed by atoms with van der Waals surface area (Å²) in [6.45, 7) is 1.74. The summed E-state index contributed by atoms with van der Waals surface area (Å²) in [5, 5.41) is 4.14. The van der Waals surface area contributed by atoms with E-state index in [2.05, 4.69) is 20.1 Å². The van der Waals surface area contributed by atoms with Crippen molar-refractivity contribution in [1.82, 2.24) is 29.9 Å². The monoisotopic (exact) mass is 418 g/mol. The highest BCUT2D eigenvalue weighted by molar-refractivity contribution is 5.86. The number of hydrogen-bond acceptors (Lipinski definition) is 7. The van der Waals surface area contributed by atoms with Gasteiger partial charge in [-0.2, -0.15) is 4.98 Å². The Morgan fingerprint density at radius 2 is 1.94 bits per heavy atom. The largest absolute Gasteiger partial charge is 0.340 e. The fourth-order valence-electron chi connectivity index (χ4n) is 4.33. The molecule has 0 spiro atoms. The molecule has 31 heavy (non-hydrogen) atoms. The highest BCUT2D eigenvalue weighted by atomic mass is 16.5. The van der Waals surface area contributed by atoms with E-state index in [1.807, 2.05) is 30.5 Å². The molecule has 3 aromatic heterocycles. The van der Waals surface area contributed by atoms with Crippen LogP contribution in [-0.4, -0.2) is 67.9 Å². The van der Waals surface area contributed by atoms with Crippen LogP contribution in [-0.2, 0) is 9.59 Å². The van der Waals surface area contributed by atoms with E-state index in [1.54, 1.807) is 28.4 Å². The van der Waals surface area contributed by atoms with Gasteiger partial charge >= 0.3 is 0 Å². The summed E-state index contributed by atoms with van der Waals surface area (Å²) in [6.07, 6.45) is 8.24. The van der Waals surface area contributed by atoms with Gasteiger partial charge in [-0.15, -0.1) is 0 Å². The molecule has 2 aliphatic rings. The summed E-state index contributed by atoms with van der Waals surface area (Å²) in [7, 11) is 0. The van der Waals surface area contributed by atoms with E-state index >= 15 is 0 Å². The lowest BCUT2D eigenvalue weighted by molar-refractivity contribution is -0.137. The second-order valence-corrected chi connectivity index (χ2v) is 7.91. The molecule has 2 fully saturated rings. The van der Waals surface area contributed by atoms with Gasteiger partial charge in [0.25, 0.3) is 0 Å². The second kappa shape index (κ2) is 8.25. The Balaban J connectivity index is 1.40. The fourth-order valence-corrected chi connectivity index (χ4v) is 4.33. The molecule has 0 radical (unpaired) electrons. The van der Waals surface area contributed by atoms with Gasteiger partial charge in [0.1, 0.15) is 0 Å². The highest BCUT2D eigenvalue weighted by Gasteiger charge is 2.41. The van der Waals surface area contributed by atoms with E-state index in [9.17, 15) is 9.59 Å². The number of pyridine rings is 2. The zero-order chi connectivity index (χ0) is 21.2. The molecule has 5 heterocycles. The Morgan fingerprint density at radius 1 is 1.10 bits per heavy atom. The summed E-state index contributed by atoms with van der Waals surface area (Å²) < 4.78 is 5.63. The summed E-state index contributed by atoms with van der Waals surface area (Å²) in [6, 6.07) is 7.54. The number of hydrogen-bond donors (Lipinski definition) is 0. The lowest BCUT2D eigenvalue weighted by atomic mass is 9.90. The molecular weight excluding hydrogens is 396 g/mol. The van der Waals surface area contributed by atoms with Gasteiger partial charge in [-0.05, 0) is 30.2 Å². The average Bonchev–Trinajstić information content (AvgIpc) is 3.55. The fraction of sp³-hybridized carbons (Fsp3) is 0.364. The van der Waals surface area contributed by atoms with Crippen LogP contribution in [0.4, 0.5) is 0 Å². The van der Waals surface area contributed by atoms with Gasteiger partial charge in [0, 0.05) is 62.3 Å². The van der Waals surface area contributed by atoms with Crippen LogP contribution in [0.5, 0.6) is 0 Å². The molecule has 2 amide bonds. The van der Waals surface area contributed by atoms with Gasteiger partial charge in [0.2, 0.25) is 23.5 Å². The van der Waals surface area contributed by atoms with Gasteiger partial charge in [0.05, 0.1) is 12.5 Å². The maximum atomic E-state index is 13.0. The van der Waals surface area contributed by atoms with Crippen molar-refractivity contribution in [3.63, 3.8) is 0 Å². The molecule has 0 saturated carbocycles. The standard InChI is InChI=1S/C22H22N6O3/c29-19-4-2-10-27(19)14-20(30)28-12-17(16-3-1-7-24-11-16)18(13-28)22-25-21(26-31-22)15-5-8-23-9-6-15/h1,3,5-9,11,17-18H,2,4,10,12-14H2/t17-,18+/m0/s1. The predicted octanol–water partition coefficient (Wildman–Crippen LogP) is 1.86. The quantitative estimate of drug-likeness (QED) is 0.623. The Labute approximate surface area is 179 Å². The molecule has 2 saturated heterocycles. The summed E-state index contributed by atoms with van der Waals surface area (Å²) in [5.41, 5.74) is 1.84. The molecule has 0 unspecified atom stereocenters. The Hall–Kier alpha value is -3.62. The number of rotatable bonds is 5. The van der Waals surface area contributed by atoms with Gasteiger partial charge in [-0.25, -0.2) is 0 Å². The van der Waals surface area contributed by atoms with Crippen LogP contribution in [0.1, 0.15) is 36.1 Å². The number of amides is 2. The maximum absolute atomic E-state index is 13.0. The first kappa shape index (κ1) is 19.3. The Bertz CT molecular complexity index is 1070. The number of carbonyl (C=O) groups excluding carboxylic acids is 2. The molecule has 0 N–H and O–H groups in total. The zero-order valence-corrected chi connectivity index (χ0v) is 16.9. The van der Waals surface area contributed by atoms with Crippen LogP contribution in [0.2, 0.25) is 0 Å². The third-order valence-corrected chi connectivity index (χ3v) is 5.98. The van der Waals surface area contributed by atoms with Crippen molar-refractivity contribution in [2.75, 3.05) is 26.2 Å². The number of aromatic nitrogens is 4. The zero-order valence-electron chi connectivity index (χ0n) is 16.9. The maximum Gasteiger partial charge on any atom is 0.242 e. The molecule has 9 nitrogen and oxygen atoms in total. The first-order valence-corrected chi connectivity index (χ1v) is 10.4. The van der Waals surface area contributed by atoms with Gasteiger partial charge in [0.15, 0.2) is 0 Å². The van der Waals surface area contributed by atoms with E-state index in [4.69, 9.17) is 4.52 Å². The van der Waals surface area contributed by atoms with Gasteiger partial charge < -0.3 is 14.3 Å². The van der Waals surface area contributed by atoms with E-state index in [0.717, 1.165) is 17.5 Å². The number of nitrogens with zero attached hydrogens (tertiary/aromatic N) is 6. The Kier molecular flexibility index (Phi) is 5.15. The van der Waals surface area contributed by atoms with Crippen molar-refractivity contribution < 1.29 is 14.1 Å². The van der Waals surface area contributed by atoms with Gasteiger partial charge in [-0.1, -0.05) is 11.2 Å². The van der Waals surface area contributed by atoms with E-state index in [0.29, 0.717) is 37.8 Å². The van der Waals surface area contributed by atoms with Gasteiger partial charge in [-0.3, -0.25) is 19.6 Å². The smallest absolute Gasteiger partial charge is 0.242 e. The molecule has 0 aromatic carbocycles. The highest BCUT2D eigenvalue weighted by Crippen LogP contribution is 2.39. The molecule has 0 bridgehead atoms. The minimum atomic E-state index is -0.148. The first-order valence-electron chi connectivity index (χ1n) is 10.4. The van der Waals surface area contributed by atoms with Crippen molar-refractivity contribution in [2.24, 2.45) is 0 Å². The molecule has 5 rings (SSSR count). The lowest BCUT2D eigenvalue weighted by Crippen LogP contribution is -2.39. The van der Waals surface area contributed by atoms with E-state index in [1.165, 1.54) is 0 Å². The average molecular weight is 418 g/mol. The summed E-state index contributed by atoms with van der Waals surface area (Å²) in [5.74, 6) is 0.818. The van der Waals surface area contributed by atoms with Crippen LogP contribution in [0.3, 0.4) is 0 Å². The first-order chi connectivity index (χ1) is 15.2. The van der Waals surface area contributed by atoms with Crippen LogP contribution in [0.25, 0.3) is 11.4 Å². The minimum Gasteiger partial charge on any atom is -0.340 e. The molecule has 158 valence electrons. The van der Waals surface area contributed by atoms with Crippen molar-refractivity contribution >= 4 is 11.8 Å². The molecular formula is C22H22N6O3. The third kappa shape index (κ3) is 3.90. The van der Waals surface area contributed by atoms with Crippen molar-refractivity contribution in [1.29, 1.82) is 0 Å². The summed E-state index contributed by atoms with van der Waals surface area (Å²) in [4.78, 5) is 41.2. The van der Waals surface area contributed by atoms with E-state index < -0.39 is 0 Å². The SMILES string of the molecule is O=C1CCCN1CC(=O)N1C[C@@H](c2cccnc2)[C@H](c2nc(-c3ccncc3)no2)C1. The molecule has 3 aromatic rings. The Morgan fingerprint density at radius 3 is 2.68 bits per heavy atom. The van der Waals surface area contributed by atoms with Crippen LogP contribution in [0, 0.1) is 0 Å². The molecule has 9 heteroatoms. The predicted molar refractivity (Wildman–Crippen MR) is 110 cm³/mol. The molecule has 2 atom stereocenters. The molecule has 2 aliphatic heterocycles. The second-order valence-electron chi connectivity index (χ2n) is 7.91. The van der Waals surface area contributed by atoms with Crippen molar-refractivity contribution in [2.45, 2.75) is 24.7 Å². The minimum absolute atomic E-state index is 0.0160. The third-order valence-electron chi connectivity index (χ3n) is 5.98. The number of carbonyl (C=O) groups is 2.